The molecule has 5 nitrogen and oxygen atoms in total. The van der Waals surface area contributed by atoms with Gasteiger partial charge in [0.15, 0.2) is 0 Å². The van der Waals surface area contributed by atoms with Gasteiger partial charge in [-0.1, -0.05) is 30.4 Å². The van der Waals surface area contributed by atoms with Crippen LogP contribution in [-0.2, 0) is 5.41 Å². The average Bonchev–Trinajstić information content (AvgIpc) is 3.24. The van der Waals surface area contributed by atoms with E-state index in [1.165, 1.54) is 5.56 Å². The third kappa shape index (κ3) is 3.50. The Kier molecular flexibility index (Phi) is 4.57. The van der Waals surface area contributed by atoms with Crippen molar-refractivity contribution in [3.8, 4) is 5.75 Å². The minimum absolute atomic E-state index is 0.00307. The first kappa shape index (κ1) is 15.9. The Bertz CT molecular complexity index is 596. The van der Waals surface area contributed by atoms with E-state index in [0.29, 0.717) is 6.54 Å². The lowest BCUT2D eigenvalue weighted by atomic mass is 9.95. The van der Waals surface area contributed by atoms with Gasteiger partial charge in [-0.2, -0.15) is 0 Å². The first-order valence-electron chi connectivity index (χ1n) is 8.14. The molecule has 0 saturated heterocycles. The number of para-hydroxylation sites is 1. The molecule has 2 aliphatic carbocycles. The van der Waals surface area contributed by atoms with Crippen LogP contribution in [0.25, 0.3) is 0 Å². The number of rotatable bonds is 6. The molecule has 1 saturated carbocycles. The molecule has 2 aliphatic rings. The number of amides is 2. The van der Waals surface area contributed by atoms with Gasteiger partial charge in [-0.3, -0.25) is 0 Å². The second kappa shape index (κ2) is 6.62. The van der Waals surface area contributed by atoms with Crippen LogP contribution in [0.5, 0.6) is 5.75 Å². The van der Waals surface area contributed by atoms with Crippen molar-refractivity contribution in [1.29, 1.82) is 0 Å². The van der Waals surface area contributed by atoms with E-state index < -0.39 is 0 Å². The molecule has 2 amide bonds. The number of carbonyl (C=O) groups excluding carboxylic acids is 1. The summed E-state index contributed by atoms with van der Waals surface area (Å²) >= 11 is 0. The van der Waals surface area contributed by atoms with Crippen molar-refractivity contribution in [1.82, 2.24) is 10.6 Å². The van der Waals surface area contributed by atoms with E-state index in [4.69, 9.17) is 9.84 Å². The van der Waals surface area contributed by atoms with Crippen LogP contribution in [-0.4, -0.2) is 37.4 Å². The molecule has 0 spiro atoms. The lowest BCUT2D eigenvalue weighted by molar-refractivity contribution is 0.230. The molecule has 1 fully saturated rings. The van der Waals surface area contributed by atoms with Crippen LogP contribution < -0.4 is 15.4 Å². The van der Waals surface area contributed by atoms with E-state index in [1.807, 2.05) is 30.4 Å². The average molecular weight is 316 g/mol. The number of aliphatic hydroxyl groups excluding tert-OH is 1. The number of carbonyl (C=O) groups is 1. The van der Waals surface area contributed by atoms with Crippen molar-refractivity contribution in [2.24, 2.45) is 5.92 Å². The second-order valence-corrected chi connectivity index (χ2v) is 6.48. The lowest BCUT2D eigenvalue weighted by Gasteiger charge is -2.20. The molecule has 5 heteroatoms. The summed E-state index contributed by atoms with van der Waals surface area (Å²) in [4.78, 5) is 12.1. The van der Waals surface area contributed by atoms with E-state index in [0.717, 1.165) is 25.0 Å². The molecule has 0 aliphatic heterocycles. The van der Waals surface area contributed by atoms with Gasteiger partial charge < -0.3 is 20.5 Å². The van der Waals surface area contributed by atoms with Gasteiger partial charge in [-0.05, 0) is 25.3 Å². The summed E-state index contributed by atoms with van der Waals surface area (Å²) in [5, 5.41) is 15.1. The van der Waals surface area contributed by atoms with Crippen LogP contribution in [0.3, 0.4) is 0 Å². The fourth-order valence-corrected chi connectivity index (χ4v) is 3.26. The molecular formula is C18H24N2O3. The maximum Gasteiger partial charge on any atom is 0.315 e. The van der Waals surface area contributed by atoms with Gasteiger partial charge in [0.25, 0.3) is 0 Å². The molecule has 1 aromatic rings. The van der Waals surface area contributed by atoms with Crippen molar-refractivity contribution in [2.75, 3.05) is 20.3 Å². The summed E-state index contributed by atoms with van der Waals surface area (Å²) in [6.07, 6.45) is 6.80. The van der Waals surface area contributed by atoms with Crippen LogP contribution >= 0.6 is 0 Å². The van der Waals surface area contributed by atoms with Crippen molar-refractivity contribution < 1.29 is 14.6 Å². The third-order valence-electron chi connectivity index (χ3n) is 4.84. The molecule has 23 heavy (non-hydrogen) atoms. The zero-order valence-electron chi connectivity index (χ0n) is 13.4. The predicted molar refractivity (Wildman–Crippen MR) is 88.6 cm³/mol. The van der Waals surface area contributed by atoms with Crippen molar-refractivity contribution in [3.63, 3.8) is 0 Å². The molecule has 124 valence electrons. The number of hydrogen-bond acceptors (Lipinski definition) is 3. The zero-order valence-corrected chi connectivity index (χ0v) is 13.4. The molecule has 2 atom stereocenters. The van der Waals surface area contributed by atoms with E-state index >= 15 is 0 Å². The smallest absolute Gasteiger partial charge is 0.315 e. The monoisotopic (exact) mass is 316 g/mol. The molecule has 1 aromatic carbocycles. The first-order valence-corrected chi connectivity index (χ1v) is 8.14. The number of nitrogens with one attached hydrogen (secondary N) is 2. The number of urea groups is 1. The van der Waals surface area contributed by atoms with Crippen molar-refractivity contribution in [3.05, 3.63) is 42.0 Å². The Morgan fingerprint density at radius 3 is 2.78 bits per heavy atom. The quantitative estimate of drug-likeness (QED) is 0.703. The van der Waals surface area contributed by atoms with Crippen LogP contribution in [0.1, 0.15) is 24.8 Å². The molecule has 0 unspecified atom stereocenters. The fourth-order valence-electron chi connectivity index (χ4n) is 3.26. The Labute approximate surface area is 136 Å². The Morgan fingerprint density at radius 2 is 2.13 bits per heavy atom. The maximum atomic E-state index is 12.1. The van der Waals surface area contributed by atoms with Gasteiger partial charge in [0.05, 0.1) is 7.11 Å². The van der Waals surface area contributed by atoms with Crippen molar-refractivity contribution in [2.45, 2.75) is 30.7 Å². The number of methoxy groups -OCH3 is 1. The zero-order chi connectivity index (χ0) is 16.3. The summed E-state index contributed by atoms with van der Waals surface area (Å²) in [5.74, 6) is 1.04. The summed E-state index contributed by atoms with van der Waals surface area (Å²) in [7, 11) is 1.68. The first-order chi connectivity index (χ1) is 11.2. The van der Waals surface area contributed by atoms with Gasteiger partial charge in [0.1, 0.15) is 5.75 Å². The molecule has 0 aromatic heterocycles. The SMILES string of the molecule is COc1ccccc1C1(CNC(=O)N[C@@H]2C=C[C@H](CO)C2)CC1. The standard InChI is InChI=1S/C18H24N2O3/c1-23-16-5-3-2-4-15(16)18(8-9-18)12-19-17(22)20-14-7-6-13(10-14)11-21/h2-7,13-14,21H,8-12H2,1H3,(H2,19,20,22)/t13-,14+/m0/s1. The largest absolute Gasteiger partial charge is 0.496 e. The Balaban J connectivity index is 1.54. The van der Waals surface area contributed by atoms with E-state index in [1.54, 1.807) is 7.11 Å². The van der Waals surface area contributed by atoms with Crippen LogP contribution in [0, 0.1) is 5.92 Å². The third-order valence-corrected chi connectivity index (χ3v) is 4.84. The molecule has 3 N–H and O–H groups in total. The fraction of sp³-hybridized carbons (Fsp3) is 0.500. The number of aliphatic hydroxyl groups is 1. The number of hydrogen-bond donors (Lipinski definition) is 3. The number of ether oxygens (including phenoxy) is 1. The minimum Gasteiger partial charge on any atom is -0.496 e. The summed E-state index contributed by atoms with van der Waals surface area (Å²) < 4.78 is 5.45. The molecular weight excluding hydrogens is 292 g/mol. The number of benzene rings is 1. The van der Waals surface area contributed by atoms with Gasteiger partial charge in [-0.25, -0.2) is 4.79 Å². The van der Waals surface area contributed by atoms with E-state index in [2.05, 4.69) is 16.7 Å². The van der Waals surface area contributed by atoms with Gasteiger partial charge in [0, 0.05) is 36.1 Å². The van der Waals surface area contributed by atoms with Gasteiger partial charge >= 0.3 is 6.03 Å². The van der Waals surface area contributed by atoms with E-state index in [-0.39, 0.29) is 30.0 Å². The highest BCUT2D eigenvalue weighted by Crippen LogP contribution is 2.50. The highest BCUT2D eigenvalue weighted by atomic mass is 16.5. The van der Waals surface area contributed by atoms with Crippen LogP contribution in [0.4, 0.5) is 4.79 Å². The van der Waals surface area contributed by atoms with Crippen molar-refractivity contribution >= 4 is 6.03 Å². The summed E-state index contributed by atoms with van der Waals surface area (Å²) in [6.45, 7) is 0.742. The predicted octanol–water partition coefficient (Wildman–Crippen LogP) is 1.96. The molecule has 0 bridgehead atoms. The summed E-state index contributed by atoms with van der Waals surface area (Å²) in [5.41, 5.74) is 1.17. The van der Waals surface area contributed by atoms with Crippen LogP contribution in [0.15, 0.2) is 36.4 Å². The second-order valence-electron chi connectivity index (χ2n) is 6.48. The lowest BCUT2D eigenvalue weighted by Crippen LogP contribution is -2.43. The van der Waals surface area contributed by atoms with Gasteiger partial charge in [0.2, 0.25) is 0 Å². The molecule has 0 heterocycles. The maximum absolute atomic E-state index is 12.1. The van der Waals surface area contributed by atoms with Crippen LogP contribution in [0.2, 0.25) is 0 Å². The van der Waals surface area contributed by atoms with E-state index in [9.17, 15) is 4.79 Å². The minimum atomic E-state index is -0.153. The van der Waals surface area contributed by atoms with Gasteiger partial charge in [-0.15, -0.1) is 0 Å². The highest BCUT2D eigenvalue weighted by molar-refractivity contribution is 5.75. The highest BCUT2D eigenvalue weighted by Gasteiger charge is 2.46. The molecule has 3 rings (SSSR count). The molecule has 0 radical (unpaired) electrons. The summed E-state index contributed by atoms with van der Waals surface area (Å²) in [6, 6.07) is 7.87. The topological polar surface area (TPSA) is 70.6 Å². The Hall–Kier alpha value is -2.01. The normalized spacial score (nSPS) is 24.3. The Morgan fingerprint density at radius 1 is 1.35 bits per heavy atom.